The van der Waals surface area contributed by atoms with Gasteiger partial charge in [-0.25, -0.2) is 4.39 Å². The number of aliphatic hydroxyl groups is 1. The molecule has 4 rings (SSSR count). The fourth-order valence-corrected chi connectivity index (χ4v) is 6.50. The number of halogens is 1. The Hall–Kier alpha value is -1.03. The van der Waals surface area contributed by atoms with Crippen LogP contribution in [0.5, 0.6) is 0 Å². The Kier molecular flexibility index (Phi) is 3.13. The Balaban J connectivity index is 1.84. The molecule has 3 nitrogen and oxygen atoms in total. The van der Waals surface area contributed by atoms with Gasteiger partial charge in [0.05, 0.1) is 5.60 Å². The number of ketones is 2. The third kappa shape index (κ3) is 1.66. The number of hydrogen-bond acceptors (Lipinski definition) is 3. The summed E-state index contributed by atoms with van der Waals surface area (Å²) in [5.41, 5.74) is -3.35. The van der Waals surface area contributed by atoms with E-state index in [1.807, 2.05) is 13.8 Å². The minimum Gasteiger partial charge on any atom is -0.390 e. The number of Topliss-reactive ketones (excluding diaryl/α,β-unsaturated/α-hetero) is 1. The van der Waals surface area contributed by atoms with Crippen LogP contribution in [-0.4, -0.2) is 27.9 Å². The molecule has 0 heterocycles. The van der Waals surface area contributed by atoms with Gasteiger partial charge in [-0.1, -0.05) is 19.4 Å². The summed E-state index contributed by atoms with van der Waals surface area (Å²) < 4.78 is 16.5. The van der Waals surface area contributed by atoms with Crippen molar-refractivity contribution in [3.05, 3.63) is 11.6 Å². The topological polar surface area (TPSA) is 54.4 Å². The van der Waals surface area contributed by atoms with Gasteiger partial charge in [-0.15, -0.1) is 0 Å². The van der Waals surface area contributed by atoms with Crippen molar-refractivity contribution in [1.82, 2.24) is 0 Å². The molecule has 0 unspecified atom stereocenters. The molecule has 24 heavy (non-hydrogen) atoms. The summed E-state index contributed by atoms with van der Waals surface area (Å²) in [4.78, 5) is 24.9. The molecule has 1 N–H and O–H groups in total. The third-order valence-electron chi connectivity index (χ3n) is 8.36. The first kappa shape index (κ1) is 16.4. The average Bonchev–Trinajstić information content (AvgIpc) is 2.72. The minimum atomic E-state index is -1.89. The number of allylic oxidation sites excluding steroid dienone is 1. The molecular weight excluding hydrogens is 307 g/mol. The Morgan fingerprint density at radius 3 is 2.50 bits per heavy atom. The number of hydrogen-bond donors (Lipinski definition) is 1. The Morgan fingerprint density at radius 1 is 1.08 bits per heavy atom. The van der Waals surface area contributed by atoms with Gasteiger partial charge in [-0.2, -0.15) is 0 Å². The van der Waals surface area contributed by atoms with E-state index < -0.39 is 22.1 Å². The molecule has 0 bridgehead atoms. The highest BCUT2D eigenvalue weighted by atomic mass is 19.1. The normalized spacial score (nSPS) is 54.0. The van der Waals surface area contributed by atoms with Crippen LogP contribution < -0.4 is 0 Å². The van der Waals surface area contributed by atoms with E-state index in [2.05, 4.69) is 0 Å². The van der Waals surface area contributed by atoms with Crippen LogP contribution in [0.4, 0.5) is 4.39 Å². The molecule has 3 fully saturated rings. The molecule has 3 saturated carbocycles. The zero-order valence-electron chi connectivity index (χ0n) is 14.8. The average molecular weight is 334 g/mol. The lowest BCUT2D eigenvalue weighted by molar-refractivity contribution is -0.184. The number of carbonyl (C=O) groups excluding carboxylic acids is 2. The van der Waals surface area contributed by atoms with Gasteiger partial charge >= 0.3 is 0 Å². The van der Waals surface area contributed by atoms with Crippen LogP contribution in [0.1, 0.15) is 65.7 Å². The molecule has 4 aliphatic rings. The summed E-state index contributed by atoms with van der Waals surface area (Å²) in [5, 5.41) is 10.8. The summed E-state index contributed by atoms with van der Waals surface area (Å²) in [7, 11) is 0. The molecule has 0 saturated heterocycles. The number of alkyl halides is 1. The number of fused-ring (bicyclic) bond motifs is 5. The molecule has 0 amide bonds. The van der Waals surface area contributed by atoms with Gasteiger partial charge in [0.25, 0.3) is 0 Å². The van der Waals surface area contributed by atoms with E-state index in [1.54, 1.807) is 13.0 Å². The second-order valence-electron chi connectivity index (χ2n) is 9.26. The molecule has 0 aliphatic heterocycles. The number of rotatable bonds is 0. The maximum absolute atomic E-state index is 16.5. The fourth-order valence-electron chi connectivity index (χ4n) is 6.50. The molecule has 132 valence electrons. The maximum Gasteiger partial charge on any atom is 0.180 e. The highest BCUT2D eigenvalue weighted by molar-refractivity contribution is 5.95. The van der Waals surface area contributed by atoms with Gasteiger partial charge in [-0.05, 0) is 51.0 Å². The first-order valence-corrected chi connectivity index (χ1v) is 9.25. The lowest BCUT2D eigenvalue weighted by Crippen LogP contribution is -2.66. The van der Waals surface area contributed by atoms with Gasteiger partial charge in [0.1, 0.15) is 0 Å². The van der Waals surface area contributed by atoms with Crippen LogP contribution in [0.3, 0.4) is 0 Å². The van der Waals surface area contributed by atoms with Crippen molar-refractivity contribution in [2.75, 3.05) is 0 Å². The highest BCUT2D eigenvalue weighted by Gasteiger charge is 2.72. The van der Waals surface area contributed by atoms with Crippen LogP contribution in [0.15, 0.2) is 11.6 Å². The smallest absolute Gasteiger partial charge is 0.180 e. The van der Waals surface area contributed by atoms with Crippen molar-refractivity contribution in [3.63, 3.8) is 0 Å². The third-order valence-corrected chi connectivity index (χ3v) is 8.36. The van der Waals surface area contributed by atoms with E-state index in [0.717, 1.165) is 12.0 Å². The highest BCUT2D eigenvalue weighted by Crippen LogP contribution is 2.68. The van der Waals surface area contributed by atoms with Crippen molar-refractivity contribution in [3.8, 4) is 0 Å². The zero-order chi connectivity index (χ0) is 17.5. The molecule has 4 heteroatoms. The quantitative estimate of drug-likeness (QED) is 0.737. The van der Waals surface area contributed by atoms with E-state index in [1.165, 1.54) is 0 Å². The Labute approximate surface area is 142 Å². The first-order valence-electron chi connectivity index (χ1n) is 9.25. The van der Waals surface area contributed by atoms with Crippen LogP contribution in [0.2, 0.25) is 0 Å². The van der Waals surface area contributed by atoms with Gasteiger partial charge in [0.2, 0.25) is 0 Å². The first-order chi connectivity index (χ1) is 11.1. The van der Waals surface area contributed by atoms with Crippen LogP contribution >= 0.6 is 0 Å². The van der Waals surface area contributed by atoms with Crippen molar-refractivity contribution >= 4 is 11.6 Å². The van der Waals surface area contributed by atoms with Gasteiger partial charge in [-0.3, -0.25) is 9.59 Å². The maximum atomic E-state index is 16.5. The summed E-state index contributed by atoms with van der Waals surface area (Å²) in [6, 6.07) is 0. The summed E-state index contributed by atoms with van der Waals surface area (Å²) >= 11 is 0. The van der Waals surface area contributed by atoms with Crippen molar-refractivity contribution in [2.45, 2.75) is 77.0 Å². The second-order valence-corrected chi connectivity index (χ2v) is 9.26. The van der Waals surface area contributed by atoms with Crippen molar-refractivity contribution in [1.29, 1.82) is 0 Å². The monoisotopic (exact) mass is 334 g/mol. The van der Waals surface area contributed by atoms with E-state index in [4.69, 9.17) is 0 Å². The SMILES string of the molecule is C[C@]1(O)CC[C@H]2[C@H]3CCC4=CC(=O)CC[C@]4(C)[C@@]3(F)C(=O)C[C@@]21C. The molecule has 6 atom stereocenters. The van der Waals surface area contributed by atoms with E-state index in [9.17, 15) is 14.7 Å². The van der Waals surface area contributed by atoms with Crippen molar-refractivity contribution < 1.29 is 19.1 Å². The summed E-state index contributed by atoms with van der Waals surface area (Å²) in [5.74, 6) is -0.600. The van der Waals surface area contributed by atoms with Gasteiger partial charge in [0, 0.05) is 29.6 Å². The van der Waals surface area contributed by atoms with Gasteiger partial charge in [0.15, 0.2) is 17.2 Å². The summed E-state index contributed by atoms with van der Waals surface area (Å²) in [6.07, 6.45) is 5.17. The van der Waals surface area contributed by atoms with Crippen LogP contribution in [-0.2, 0) is 9.59 Å². The molecule has 0 aromatic heterocycles. The van der Waals surface area contributed by atoms with Crippen molar-refractivity contribution in [2.24, 2.45) is 22.7 Å². The minimum absolute atomic E-state index is 0.0335. The van der Waals surface area contributed by atoms with Crippen LogP contribution in [0, 0.1) is 22.7 Å². The lowest BCUT2D eigenvalue weighted by atomic mass is 9.44. The standard InChI is InChI=1S/C20H27FO3/c1-17-8-6-13(22)10-12(17)4-5-15-14-7-9-19(3,24)18(14,2)11-16(23)20(15,17)21/h10,14-15,24H,4-9,11H2,1-3H3/t14-,15+,17-,18-,19-,20-/m0/s1. The zero-order valence-corrected chi connectivity index (χ0v) is 14.8. The molecule has 0 spiro atoms. The predicted octanol–water partition coefficient (Wildman–Crippen LogP) is 3.54. The molecule has 0 aromatic rings. The Bertz CT molecular complexity index is 666. The van der Waals surface area contributed by atoms with Crippen LogP contribution in [0.25, 0.3) is 0 Å². The van der Waals surface area contributed by atoms with E-state index in [0.29, 0.717) is 32.1 Å². The van der Waals surface area contributed by atoms with E-state index >= 15 is 4.39 Å². The van der Waals surface area contributed by atoms with E-state index in [-0.39, 0.29) is 29.8 Å². The van der Waals surface area contributed by atoms with Gasteiger partial charge < -0.3 is 5.11 Å². The lowest BCUT2D eigenvalue weighted by Gasteiger charge is -2.60. The molecular formula is C20H27FO3. The summed E-state index contributed by atoms with van der Waals surface area (Å²) in [6.45, 7) is 5.63. The fraction of sp³-hybridized carbons (Fsp3) is 0.800. The molecule has 0 aromatic carbocycles. The molecule has 0 radical (unpaired) electrons. The Morgan fingerprint density at radius 2 is 1.79 bits per heavy atom. The molecule has 4 aliphatic carbocycles. The second kappa shape index (κ2) is 4.57. The largest absolute Gasteiger partial charge is 0.390 e. The predicted molar refractivity (Wildman–Crippen MR) is 88.1 cm³/mol. The number of carbonyl (C=O) groups is 2.